The fourth-order valence-corrected chi connectivity index (χ4v) is 11.4. The number of ether oxygens (including phenoxy) is 4. The lowest BCUT2D eigenvalue weighted by atomic mass is 10.1. The van der Waals surface area contributed by atoms with Crippen LogP contribution in [0.15, 0.2) is 134 Å². The average Bonchev–Trinajstić information content (AvgIpc) is 0.985. The summed E-state index contributed by atoms with van der Waals surface area (Å²) in [5, 5.41) is 10.6. The predicted molar refractivity (Wildman–Crippen MR) is 408 cm³/mol. The lowest BCUT2D eigenvalue weighted by Gasteiger charge is -2.21. The average molecular weight is 1440 g/mol. The Hall–Kier alpha value is -4.80. The van der Waals surface area contributed by atoms with Crippen LogP contribution in [0.1, 0.15) is 297 Å². The first-order chi connectivity index (χ1) is 48.7. The number of carbonyl (C=O) groups excluding carboxylic acids is 4. The third-order valence-electron chi connectivity index (χ3n) is 15.6. The molecule has 19 heteroatoms. The van der Waals surface area contributed by atoms with Crippen molar-refractivity contribution < 1.29 is 80.2 Å². The van der Waals surface area contributed by atoms with Gasteiger partial charge < -0.3 is 33.8 Å². The summed E-state index contributed by atoms with van der Waals surface area (Å²) >= 11 is 0. The maximum absolute atomic E-state index is 13.1. The number of hydrogen-bond acceptors (Lipinski definition) is 15. The second-order valence-corrected chi connectivity index (χ2v) is 28.1. The molecule has 5 unspecified atom stereocenters. The highest BCUT2D eigenvalue weighted by atomic mass is 31.2. The van der Waals surface area contributed by atoms with Gasteiger partial charge in [0.1, 0.15) is 19.3 Å². The van der Waals surface area contributed by atoms with E-state index in [2.05, 4.69) is 161 Å². The third kappa shape index (κ3) is 71.6. The monoisotopic (exact) mass is 1440 g/mol. The summed E-state index contributed by atoms with van der Waals surface area (Å²) < 4.78 is 68.4. The smallest absolute Gasteiger partial charge is 0.462 e. The highest BCUT2D eigenvalue weighted by Gasteiger charge is 2.30. The van der Waals surface area contributed by atoms with Gasteiger partial charge in [-0.05, 0) is 135 Å². The maximum Gasteiger partial charge on any atom is 0.472 e. The molecule has 0 aromatic heterocycles. The molecule has 0 bridgehead atoms. The van der Waals surface area contributed by atoms with Gasteiger partial charge in [-0.3, -0.25) is 37.3 Å². The van der Waals surface area contributed by atoms with Crippen LogP contribution >= 0.6 is 15.6 Å². The summed E-state index contributed by atoms with van der Waals surface area (Å²) in [5.74, 6) is -2.25. The molecule has 0 spiro atoms. The summed E-state index contributed by atoms with van der Waals surface area (Å²) in [7, 11) is -9.97. The molecule has 0 aliphatic rings. The van der Waals surface area contributed by atoms with Gasteiger partial charge in [0.25, 0.3) is 0 Å². The van der Waals surface area contributed by atoms with E-state index in [0.29, 0.717) is 25.7 Å². The second-order valence-electron chi connectivity index (χ2n) is 25.2. The van der Waals surface area contributed by atoms with E-state index in [0.717, 1.165) is 180 Å². The molecular formula is C81H136O17P2. The molecule has 0 aromatic rings. The highest BCUT2D eigenvalue weighted by molar-refractivity contribution is 7.47. The Labute approximate surface area is 605 Å². The van der Waals surface area contributed by atoms with Crippen LogP contribution in [-0.2, 0) is 65.4 Å². The summed E-state index contributed by atoms with van der Waals surface area (Å²) in [4.78, 5) is 72.9. The number of carbonyl (C=O) groups is 4. The Bertz CT molecular complexity index is 2420. The zero-order valence-electron chi connectivity index (χ0n) is 62.3. The molecule has 3 N–H and O–H groups in total. The molecule has 0 rings (SSSR count). The Kier molecular flexibility index (Phi) is 69.1. The first kappa shape index (κ1) is 95.2. The topological polar surface area (TPSA) is 237 Å². The van der Waals surface area contributed by atoms with Crippen LogP contribution in [0.4, 0.5) is 0 Å². The minimum absolute atomic E-state index is 0.0644. The zero-order valence-corrected chi connectivity index (χ0v) is 64.1. The van der Waals surface area contributed by atoms with Crippen molar-refractivity contribution in [3.8, 4) is 0 Å². The lowest BCUT2D eigenvalue weighted by molar-refractivity contribution is -0.161. The van der Waals surface area contributed by atoms with E-state index in [1.54, 1.807) is 0 Å². The van der Waals surface area contributed by atoms with Crippen molar-refractivity contribution in [1.82, 2.24) is 0 Å². The van der Waals surface area contributed by atoms with E-state index in [4.69, 9.17) is 37.0 Å². The van der Waals surface area contributed by atoms with Crippen molar-refractivity contribution in [2.24, 2.45) is 0 Å². The predicted octanol–water partition coefficient (Wildman–Crippen LogP) is 22.1. The molecule has 0 radical (unpaired) electrons. The Balaban J connectivity index is 5.38. The van der Waals surface area contributed by atoms with Gasteiger partial charge in [-0.1, -0.05) is 271 Å². The van der Waals surface area contributed by atoms with Crippen molar-refractivity contribution in [2.45, 2.75) is 316 Å². The second kappa shape index (κ2) is 72.5. The Morgan fingerprint density at radius 2 is 0.520 bits per heavy atom. The molecule has 17 nitrogen and oxygen atoms in total. The molecule has 0 saturated heterocycles. The Morgan fingerprint density at radius 3 is 0.810 bits per heavy atom. The van der Waals surface area contributed by atoms with Gasteiger partial charge in [0.05, 0.1) is 26.4 Å². The van der Waals surface area contributed by atoms with E-state index < -0.39 is 97.5 Å². The minimum Gasteiger partial charge on any atom is -0.462 e. The van der Waals surface area contributed by atoms with Crippen molar-refractivity contribution in [3.63, 3.8) is 0 Å². The van der Waals surface area contributed by atoms with Crippen molar-refractivity contribution in [2.75, 3.05) is 39.6 Å². The quantitative estimate of drug-likeness (QED) is 0.0169. The molecule has 0 fully saturated rings. The number of esters is 4. The largest absolute Gasteiger partial charge is 0.472 e. The fourth-order valence-electron chi connectivity index (χ4n) is 9.86. The number of phosphoric ester groups is 2. The third-order valence-corrected chi connectivity index (χ3v) is 17.5. The highest BCUT2D eigenvalue weighted by Crippen LogP contribution is 2.45. The van der Waals surface area contributed by atoms with Crippen molar-refractivity contribution >= 4 is 39.5 Å². The number of allylic oxidation sites excluding steroid dienone is 22. The van der Waals surface area contributed by atoms with Gasteiger partial charge in [0.15, 0.2) is 12.2 Å². The van der Waals surface area contributed by atoms with Crippen LogP contribution in [0.5, 0.6) is 0 Å². The van der Waals surface area contributed by atoms with Crippen LogP contribution in [-0.4, -0.2) is 96.7 Å². The van der Waals surface area contributed by atoms with E-state index in [-0.39, 0.29) is 25.7 Å². The number of aliphatic hydroxyl groups excluding tert-OH is 1. The molecular weight excluding hydrogens is 1310 g/mol. The zero-order chi connectivity index (χ0) is 73.2. The number of hydrogen-bond donors (Lipinski definition) is 3. The van der Waals surface area contributed by atoms with Crippen LogP contribution < -0.4 is 0 Å². The number of unbranched alkanes of at least 4 members (excludes halogenated alkanes) is 23. The van der Waals surface area contributed by atoms with E-state index in [1.165, 1.54) is 38.5 Å². The molecule has 0 saturated carbocycles. The number of aliphatic hydroxyl groups is 1. The molecule has 0 aliphatic heterocycles. The van der Waals surface area contributed by atoms with Gasteiger partial charge in [0, 0.05) is 25.7 Å². The van der Waals surface area contributed by atoms with Gasteiger partial charge >= 0.3 is 39.5 Å². The van der Waals surface area contributed by atoms with Gasteiger partial charge in [-0.15, -0.1) is 0 Å². The number of rotatable bonds is 71. The summed E-state index contributed by atoms with van der Waals surface area (Å²) in [6.45, 7) is 4.45. The van der Waals surface area contributed by atoms with Crippen LogP contribution in [0, 0.1) is 0 Å². The van der Waals surface area contributed by atoms with Crippen LogP contribution in [0.25, 0.3) is 0 Å². The molecule has 0 aromatic carbocycles. The maximum atomic E-state index is 13.1. The fraction of sp³-hybridized carbons (Fsp3) is 0.679. The first-order valence-corrected chi connectivity index (χ1v) is 41.4. The molecule has 0 heterocycles. The van der Waals surface area contributed by atoms with Gasteiger partial charge in [-0.25, -0.2) is 9.13 Å². The minimum atomic E-state index is -4.99. The van der Waals surface area contributed by atoms with E-state index >= 15 is 0 Å². The Morgan fingerprint density at radius 1 is 0.290 bits per heavy atom. The van der Waals surface area contributed by atoms with Crippen molar-refractivity contribution in [1.29, 1.82) is 0 Å². The number of phosphoric acid groups is 2. The summed E-state index contributed by atoms with van der Waals surface area (Å²) in [6, 6.07) is 0. The van der Waals surface area contributed by atoms with Crippen LogP contribution in [0.3, 0.4) is 0 Å². The van der Waals surface area contributed by atoms with Crippen LogP contribution in [0.2, 0.25) is 0 Å². The lowest BCUT2D eigenvalue weighted by Crippen LogP contribution is -2.30. The summed E-state index contributed by atoms with van der Waals surface area (Å²) in [6.07, 6.45) is 80.1. The van der Waals surface area contributed by atoms with E-state index in [1.807, 2.05) is 0 Å². The molecule has 0 aliphatic carbocycles. The first-order valence-electron chi connectivity index (χ1n) is 38.4. The molecule has 572 valence electrons. The van der Waals surface area contributed by atoms with Gasteiger partial charge in [-0.2, -0.15) is 0 Å². The normalized spacial score (nSPS) is 14.7. The molecule has 5 atom stereocenters. The van der Waals surface area contributed by atoms with Gasteiger partial charge in [0.2, 0.25) is 0 Å². The standard InChI is InChI=1S/C81H136O17P2/c1-5-9-13-17-21-25-29-32-35-36-37-38-41-43-47-50-54-58-62-66-79(84)92-72-77(98-81(86)68-64-60-56-52-48-44-40-34-31-27-23-19-15-11-7-3)74-96-100(89,90)94-70-75(82)69-93-99(87,88)95-73-76(97-80(85)67-63-59-55-51-45-28-24-20-16-12-8-4)71-91-78(83)65-61-57-53-49-46-42-39-33-30-26-22-18-14-10-6-2/h9-11,13-15,21-23,25-27,32-35,37-40,43,47,75-77,82H,5-8,12,16-20,24,28-31,36,41-42,44-46,48-74H2,1-4H3,(H,87,88)(H,89,90)/b13-9-,14-10-,15-11-,25-21-,26-22-,27-23-,35-32-,38-37-,39-33-,40-34-,47-43-. The molecule has 0 amide bonds. The van der Waals surface area contributed by atoms with Crippen molar-refractivity contribution in [3.05, 3.63) is 134 Å². The molecule has 100 heavy (non-hydrogen) atoms. The van der Waals surface area contributed by atoms with E-state index in [9.17, 15) is 43.2 Å². The SMILES string of the molecule is CC/C=C\C/C=C\C/C=C\C/C=C\C/C=C\CCCCCC(=O)OCC(COP(=O)(O)OCC(O)COP(=O)(O)OCC(COC(=O)CCCCCCC/C=C\C/C=C\C/C=C\CC)OC(=O)CCCCCCCCCCCCC)OC(=O)CCCCCCC/C=C\C/C=C\C/C=C\CC. The summed E-state index contributed by atoms with van der Waals surface area (Å²) in [5.41, 5.74) is 0.